The summed E-state index contributed by atoms with van der Waals surface area (Å²) in [5, 5.41) is 26.1. The van der Waals surface area contributed by atoms with E-state index in [0.717, 1.165) is 59.2 Å². The van der Waals surface area contributed by atoms with Gasteiger partial charge in [0.05, 0.1) is 17.6 Å². The van der Waals surface area contributed by atoms with Crippen molar-refractivity contribution >= 4 is 52.4 Å². The SMILES string of the molecule is CCCC[C@@H](C)C[C@H](NC(=O)[C@H](Cc1cn(OC)c2ccccc12)N(C)C(=O)[C@@H](N)CC(C)C)C(=O)N(C)[C@@H](C)C(=O)O[C@H](CCC#N)C(=O)N[C@@H](C[C@H](C)CCCC)C(=O)N(C)[C@@H](CC(C)C)C(=O)O. The van der Waals surface area contributed by atoms with Gasteiger partial charge in [-0.25, -0.2) is 9.59 Å². The van der Waals surface area contributed by atoms with Crippen LogP contribution in [-0.4, -0.2) is 137 Å². The molecule has 2 aromatic rings. The largest absolute Gasteiger partial charge is 0.480 e. The fraction of sp³-hybridized carbons (Fsp3) is 0.698. The normalized spacial score (nSPS) is 15.3. The van der Waals surface area contributed by atoms with E-state index in [9.17, 15) is 43.9 Å². The number of hydrogen-bond acceptors (Lipinski definition) is 11. The summed E-state index contributed by atoms with van der Waals surface area (Å²) in [6, 6.07) is 2.67. The highest BCUT2D eigenvalue weighted by atomic mass is 16.6. The maximum Gasteiger partial charge on any atom is 0.329 e. The highest BCUT2D eigenvalue weighted by Crippen LogP contribution is 2.25. The number of para-hydroxylation sites is 1. The quantitative estimate of drug-likeness (QED) is 0.0630. The van der Waals surface area contributed by atoms with Gasteiger partial charge < -0.3 is 45.7 Å². The fourth-order valence-corrected chi connectivity index (χ4v) is 8.83. The molecule has 1 aromatic heterocycles. The molecule has 18 heteroatoms. The van der Waals surface area contributed by atoms with Crippen molar-refractivity contribution in [1.82, 2.24) is 30.1 Å². The molecule has 71 heavy (non-hydrogen) atoms. The molecule has 18 nitrogen and oxygen atoms in total. The second kappa shape index (κ2) is 30.2. The first-order valence-electron chi connectivity index (χ1n) is 25.5. The van der Waals surface area contributed by atoms with Crippen molar-refractivity contribution < 1.29 is 48.2 Å². The van der Waals surface area contributed by atoms with Crippen LogP contribution in [0.25, 0.3) is 10.9 Å². The molecule has 0 unspecified atom stereocenters. The second-order valence-corrected chi connectivity index (χ2v) is 20.4. The second-order valence-electron chi connectivity index (χ2n) is 20.4. The average Bonchev–Trinajstić information content (AvgIpc) is 3.69. The van der Waals surface area contributed by atoms with Crippen LogP contribution in [0.15, 0.2) is 30.5 Å². The summed E-state index contributed by atoms with van der Waals surface area (Å²) in [7, 11) is 5.83. The van der Waals surface area contributed by atoms with Gasteiger partial charge in [0.2, 0.25) is 23.6 Å². The van der Waals surface area contributed by atoms with E-state index in [-0.39, 0.29) is 62.2 Å². The minimum atomic E-state index is -1.55. The molecule has 0 spiro atoms. The van der Waals surface area contributed by atoms with Gasteiger partial charge in [-0.15, -0.1) is 0 Å². The molecule has 398 valence electrons. The summed E-state index contributed by atoms with van der Waals surface area (Å²) in [5.41, 5.74) is 7.87. The van der Waals surface area contributed by atoms with E-state index in [0.29, 0.717) is 12.0 Å². The molecular formula is C53H86N8O10. The molecule has 0 aliphatic heterocycles. The van der Waals surface area contributed by atoms with Crippen LogP contribution < -0.4 is 21.2 Å². The number of carboxylic acids is 1. The van der Waals surface area contributed by atoms with E-state index in [1.54, 1.807) is 10.9 Å². The standard InChI is InChI=1S/C53H86N8O10/c1-14-16-21-35(7)29-41(56-47(62)44(59(11)49(64)40(55)27-33(3)4)31-38-32-61(70-13)43-24-19-18-23-39(38)43)50(65)58(10)37(9)53(69)71-46(25-20-26-54)48(63)57-42(30-36(8)22-17-15-2)51(66)60(12)45(52(67)68)28-34(5)6/h18-19,23-24,32-37,40-42,44-46H,14-17,20-22,25,27-31,55H2,1-13H3,(H,56,62)(H,57,63)(H,67,68)/t35-,36-,37+,40+,41+,42+,44+,45+,46-/m1/s1. The van der Waals surface area contributed by atoms with Crippen LogP contribution in [0.3, 0.4) is 0 Å². The van der Waals surface area contributed by atoms with Crippen molar-refractivity contribution in [3.8, 4) is 6.07 Å². The maximum absolute atomic E-state index is 14.7. The molecule has 0 saturated heterocycles. The van der Waals surface area contributed by atoms with Gasteiger partial charge in [0.25, 0.3) is 5.91 Å². The number of nitriles is 1. The van der Waals surface area contributed by atoms with E-state index in [2.05, 4.69) is 17.6 Å². The predicted molar refractivity (Wildman–Crippen MR) is 273 cm³/mol. The molecular weight excluding hydrogens is 909 g/mol. The number of fused-ring (bicyclic) bond motifs is 1. The highest BCUT2D eigenvalue weighted by molar-refractivity contribution is 5.96. The molecule has 9 atom stereocenters. The lowest BCUT2D eigenvalue weighted by Gasteiger charge is -2.34. The maximum atomic E-state index is 14.7. The van der Waals surface area contributed by atoms with Gasteiger partial charge in [-0.1, -0.05) is 112 Å². The van der Waals surface area contributed by atoms with Crippen molar-refractivity contribution in [1.29, 1.82) is 5.26 Å². The molecule has 1 heterocycles. The molecule has 0 aliphatic carbocycles. The number of carbonyl (C=O) groups is 7. The summed E-state index contributed by atoms with van der Waals surface area (Å²) in [6.45, 7) is 17.0. The number of aliphatic carboxylic acids is 1. The molecule has 0 saturated carbocycles. The third-order valence-electron chi connectivity index (χ3n) is 13.3. The van der Waals surface area contributed by atoms with E-state index in [4.69, 9.17) is 15.3 Å². The molecule has 5 amide bonds. The molecule has 0 bridgehead atoms. The Labute approximate surface area is 422 Å². The zero-order valence-corrected chi connectivity index (χ0v) is 44.9. The number of carbonyl (C=O) groups excluding carboxylic acids is 6. The van der Waals surface area contributed by atoms with Crippen molar-refractivity contribution in [2.24, 2.45) is 29.4 Å². The topological polar surface area (TPSA) is 247 Å². The summed E-state index contributed by atoms with van der Waals surface area (Å²) in [4.78, 5) is 107. The van der Waals surface area contributed by atoms with E-state index < -0.39 is 83.8 Å². The summed E-state index contributed by atoms with van der Waals surface area (Å²) in [6.07, 6.45) is 5.86. The monoisotopic (exact) mass is 995 g/mol. The number of amides is 5. The lowest BCUT2D eigenvalue weighted by molar-refractivity contribution is -0.163. The predicted octanol–water partition coefficient (Wildman–Crippen LogP) is 5.87. The minimum absolute atomic E-state index is 0.0416. The number of ether oxygens (including phenoxy) is 1. The number of hydrogen-bond donors (Lipinski definition) is 4. The number of nitrogens with two attached hydrogens (primary N) is 1. The average molecular weight is 995 g/mol. The van der Waals surface area contributed by atoms with Gasteiger partial charge in [-0.2, -0.15) is 9.99 Å². The minimum Gasteiger partial charge on any atom is -0.480 e. The Bertz CT molecular complexity index is 2100. The summed E-state index contributed by atoms with van der Waals surface area (Å²) < 4.78 is 7.36. The van der Waals surface area contributed by atoms with Gasteiger partial charge >= 0.3 is 11.9 Å². The zero-order chi connectivity index (χ0) is 53.7. The van der Waals surface area contributed by atoms with Crippen LogP contribution in [0.1, 0.15) is 145 Å². The molecule has 2 rings (SSSR count). The van der Waals surface area contributed by atoms with Gasteiger partial charge in [0.15, 0.2) is 6.10 Å². The first kappa shape index (κ1) is 61.4. The number of esters is 1. The summed E-state index contributed by atoms with van der Waals surface area (Å²) in [5.74, 6) is -5.32. The van der Waals surface area contributed by atoms with Gasteiger partial charge in [0, 0.05) is 52.0 Å². The Hall–Kier alpha value is -5.70. The van der Waals surface area contributed by atoms with Crippen molar-refractivity contribution in [3.05, 3.63) is 36.0 Å². The van der Waals surface area contributed by atoms with Crippen LogP contribution in [0.5, 0.6) is 0 Å². The Morgan fingerprint density at radius 1 is 0.732 bits per heavy atom. The number of carboxylic acid groups (broad SMARTS) is 1. The first-order valence-corrected chi connectivity index (χ1v) is 25.5. The Morgan fingerprint density at radius 3 is 1.76 bits per heavy atom. The number of unbranched alkanes of at least 4 members (excludes halogenated alkanes) is 2. The first-order chi connectivity index (χ1) is 33.4. The van der Waals surface area contributed by atoms with Gasteiger partial charge in [-0.05, 0) is 67.9 Å². The number of nitrogens with one attached hydrogen (secondary N) is 2. The van der Waals surface area contributed by atoms with Crippen LogP contribution in [0.2, 0.25) is 0 Å². The van der Waals surface area contributed by atoms with Gasteiger partial charge in [-0.3, -0.25) is 24.0 Å². The third-order valence-corrected chi connectivity index (χ3v) is 13.3. The van der Waals surface area contributed by atoms with E-state index >= 15 is 0 Å². The molecule has 0 fully saturated rings. The van der Waals surface area contributed by atoms with E-state index in [1.807, 2.05) is 78.8 Å². The number of likely N-dealkylation sites (N-methyl/N-ethyl adjacent to an activating group) is 3. The summed E-state index contributed by atoms with van der Waals surface area (Å²) >= 11 is 0. The smallest absolute Gasteiger partial charge is 0.329 e. The van der Waals surface area contributed by atoms with Crippen LogP contribution in [-0.2, 0) is 44.7 Å². The molecule has 0 aliphatic rings. The third kappa shape index (κ3) is 18.8. The number of benzene rings is 1. The van der Waals surface area contributed by atoms with Crippen molar-refractivity contribution in [2.45, 2.75) is 188 Å². The Morgan fingerprint density at radius 2 is 1.25 bits per heavy atom. The molecule has 5 N–H and O–H groups in total. The van der Waals surface area contributed by atoms with Crippen molar-refractivity contribution in [2.75, 3.05) is 28.3 Å². The Balaban J connectivity index is 2.53. The fourth-order valence-electron chi connectivity index (χ4n) is 8.83. The molecule has 1 aromatic carbocycles. The van der Waals surface area contributed by atoms with Crippen LogP contribution in [0.4, 0.5) is 0 Å². The zero-order valence-electron chi connectivity index (χ0n) is 44.9. The highest BCUT2D eigenvalue weighted by Gasteiger charge is 2.39. The molecule has 0 radical (unpaired) electrons. The van der Waals surface area contributed by atoms with E-state index in [1.165, 1.54) is 40.1 Å². The van der Waals surface area contributed by atoms with Crippen LogP contribution in [0, 0.1) is 35.0 Å². The lowest BCUT2D eigenvalue weighted by atomic mass is 9.94. The number of nitrogens with zero attached hydrogens (tertiary/aromatic N) is 5. The number of rotatable bonds is 32. The van der Waals surface area contributed by atoms with Crippen LogP contribution >= 0.6 is 0 Å². The number of aromatic nitrogens is 1. The van der Waals surface area contributed by atoms with Gasteiger partial charge in [0.1, 0.15) is 37.3 Å². The lowest BCUT2D eigenvalue weighted by Crippen LogP contribution is -2.58. The van der Waals surface area contributed by atoms with Crippen molar-refractivity contribution in [3.63, 3.8) is 0 Å². The Kier molecular flexibility index (Phi) is 26.2.